The number of aryl methyl sites for hydroxylation is 1. The lowest BCUT2D eigenvalue weighted by Crippen LogP contribution is -2.28. The summed E-state index contributed by atoms with van der Waals surface area (Å²) in [7, 11) is 1.92. The van der Waals surface area contributed by atoms with Gasteiger partial charge in [0.15, 0.2) is 5.16 Å². The number of rotatable bonds is 6. The molecule has 1 aromatic rings. The Labute approximate surface area is 89.5 Å². The molecule has 80 valence electrons. The van der Waals surface area contributed by atoms with Gasteiger partial charge >= 0.3 is 0 Å². The van der Waals surface area contributed by atoms with E-state index in [1.54, 1.807) is 22.8 Å². The summed E-state index contributed by atoms with van der Waals surface area (Å²) in [5.41, 5.74) is 0. The highest BCUT2D eigenvalue weighted by Crippen LogP contribution is 2.13. The summed E-state index contributed by atoms with van der Waals surface area (Å²) in [6, 6.07) is 0.525. The van der Waals surface area contributed by atoms with Crippen molar-refractivity contribution >= 4 is 11.8 Å². The number of nitrogens with zero attached hydrogens (tertiary/aromatic N) is 3. The van der Waals surface area contributed by atoms with Gasteiger partial charge in [0.25, 0.3) is 0 Å². The van der Waals surface area contributed by atoms with Crippen molar-refractivity contribution in [1.82, 2.24) is 20.1 Å². The maximum absolute atomic E-state index is 4.16. The Bertz CT molecular complexity index is 261. The monoisotopic (exact) mass is 214 g/mol. The fraction of sp³-hybridized carbons (Fsp3) is 0.778. The summed E-state index contributed by atoms with van der Waals surface area (Å²) < 4.78 is 1.80. The van der Waals surface area contributed by atoms with Gasteiger partial charge in [-0.05, 0) is 19.9 Å². The minimum atomic E-state index is 0.525. The van der Waals surface area contributed by atoms with Gasteiger partial charge in [-0.2, -0.15) is 5.10 Å². The van der Waals surface area contributed by atoms with E-state index in [-0.39, 0.29) is 0 Å². The molecule has 0 amide bonds. The predicted molar refractivity (Wildman–Crippen MR) is 59.5 cm³/mol. The van der Waals surface area contributed by atoms with Crippen molar-refractivity contribution in [2.24, 2.45) is 7.05 Å². The first kappa shape index (κ1) is 11.5. The number of nitrogens with one attached hydrogen (secondary N) is 1. The Balaban J connectivity index is 2.23. The van der Waals surface area contributed by atoms with Crippen LogP contribution in [0.1, 0.15) is 20.3 Å². The van der Waals surface area contributed by atoms with E-state index in [4.69, 9.17) is 0 Å². The lowest BCUT2D eigenvalue weighted by atomic mass is 10.3. The zero-order valence-electron chi connectivity index (χ0n) is 9.03. The topological polar surface area (TPSA) is 42.7 Å². The second-order valence-electron chi connectivity index (χ2n) is 3.33. The number of thioether (sulfide) groups is 1. The quantitative estimate of drug-likeness (QED) is 0.725. The van der Waals surface area contributed by atoms with Crippen molar-refractivity contribution in [3.8, 4) is 0 Å². The summed E-state index contributed by atoms with van der Waals surface area (Å²) in [6.45, 7) is 5.45. The summed E-state index contributed by atoms with van der Waals surface area (Å²) >= 11 is 1.74. The number of hydrogen-bond acceptors (Lipinski definition) is 4. The molecule has 1 heterocycles. The molecule has 0 spiro atoms. The van der Waals surface area contributed by atoms with Crippen LogP contribution in [0.5, 0.6) is 0 Å². The third-order valence-electron chi connectivity index (χ3n) is 1.88. The molecular weight excluding hydrogens is 196 g/mol. The van der Waals surface area contributed by atoms with Crippen LogP contribution in [0, 0.1) is 0 Å². The molecular formula is C9H18N4S. The molecule has 0 saturated carbocycles. The molecule has 0 saturated heterocycles. The Morgan fingerprint density at radius 2 is 2.43 bits per heavy atom. The molecule has 0 fully saturated rings. The van der Waals surface area contributed by atoms with Crippen molar-refractivity contribution in [3.63, 3.8) is 0 Å². The third-order valence-corrected chi connectivity index (χ3v) is 3.17. The molecule has 0 aliphatic heterocycles. The van der Waals surface area contributed by atoms with Gasteiger partial charge in [-0.25, -0.2) is 9.67 Å². The Kier molecular flexibility index (Phi) is 4.97. The average molecular weight is 214 g/mol. The molecule has 1 aromatic heterocycles. The lowest BCUT2D eigenvalue weighted by Gasteiger charge is -2.11. The summed E-state index contributed by atoms with van der Waals surface area (Å²) in [4.78, 5) is 4.16. The normalized spacial score (nSPS) is 13.1. The fourth-order valence-corrected chi connectivity index (χ4v) is 1.94. The summed E-state index contributed by atoms with van der Waals surface area (Å²) in [5.74, 6) is 1.03. The first-order valence-corrected chi connectivity index (χ1v) is 5.92. The molecule has 1 atom stereocenters. The highest BCUT2D eigenvalue weighted by molar-refractivity contribution is 7.99. The summed E-state index contributed by atoms with van der Waals surface area (Å²) in [6.07, 6.45) is 2.77. The highest BCUT2D eigenvalue weighted by Gasteiger charge is 2.05. The number of hydrogen-bond donors (Lipinski definition) is 1. The maximum atomic E-state index is 4.16. The van der Waals surface area contributed by atoms with E-state index in [0.29, 0.717) is 6.04 Å². The fourth-order valence-electron chi connectivity index (χ4n) is 1.07. The molecule has 5 heteroatoms. The predicted octanol–water partition coefficient (Wildman–Crippen LogP) is 1.30. The van der Waals surface area contributed by atoms with Gasteiger partial charge < -0.3 is 5.32 Å². The van der Waals surface area contributed by atoms with Crippen LogP contribution < -0.4 is 5.32 Å². The van der Waals surface area contributed by atoms with Crippen LogP contribution >= 0.6 is 11.8 Å². The van der Waals surface area contributed by atoms with E-state index in [1.807, 2.05) is 7.05 Å². The zero-order valence-corrected chi connectivity index (χ0v) is 9.84. The van der Waals surface area contributed by atoms with Crippen LogP contribution in [0.3, 0.4) is 0 Å². The molecule has 1 rings (SSSR count). The minimum Gasteiger partial charge on any atom is -0.313 e. The van der Waals surface area contributed by atoms with Gasteiger partial charge in [0, 0.05) is 18.8 Å². The van der Waals surface area contributed by atoms with Crippen molar-refractivity contribution in [3.05, 3.63) is 6.33 Å². The summed E-state index contributed by atoms with van der Waals surface area (Å²) in [5, 5.41) is 8.44. The van der Waals surface area contributed by atoms with E-state index >= 15 is 0 Å². The van der Waals surface area contributed by atoms with Crippen LogP contribution in [0.15, 0.2) is 11.5 Å². The van der Waals surface area contributed by atoms with Crippen LogP contribution in [-0.4, -0.2) is 33.1 Å². The van der Waals surface area contributed by atoms with Gasteiger partial charge in [-0.15, -0.1) is 0 Å². The second kappa shape index (κ2) is 6.03. The Hall–Kier alpha value is -0.550. The molecule has 0 aliphatic rings. The van der Waals surface area contributed by atoms with E-state index in [2.05, 4.69) is 29.2 Å². The maximum Gasteiger partial charge on any atom is 0.185 e. The highest BCUT2D eigenvalue weighted by atomic mass is 32.2. The van der Waals surface area contributed by atoms with Gasteiger partial charge in [-0.3, -0.25) is 0 Å². The standard InChI is InChI=1S/C9H18N4S/c1-4-5-10-8(2)6-14-9-11-7-12-13(9)3/h7-8,10H,4-6H2,1-3H3. The first-order chi connectivity index (χ1) is 6.74. The van der Waals surface area contributed by atoms with Crippen molar-refractivity contribution < 1.29 is 0 Å². The van der Waals surface area contributed by atoms with E-state index in [9.17, 15) is 0 Å². The van der Waals surface area contributed by atoms with Gasteiger partial charge in [0.1, 0.15) is 6.33 Å². The van der Waals surface area contributed by atoms with Gasteiger partial charge in [0.2, 0.25) is 0 Å². The Morgan fingerprint density at radius 3 is 3.00 bits per heavy atom. The van der Waals surface area contributed by atoms with Crippen LogP contribution in [0.25, 0.3) is 0 Å². The van der Waals surface area contributed by atoms with Crippen molar-refractivity contribution in [2.45, 2.75) is 31.5 Å². The molecule has 0 radical (unpaired) electrons. The zero-order chi connectivity index (χ0) is 10.4. The number of aromatic nitrogens is 3. The Morgan fingerprint density at radius 1 is 1.64 bits per heavy atom. The van der Waals surface area contributed by atoms with Crippen LogP contribution in [0.4, 0.5) is 0 Å². The molecule has 1 N–H and O–H groups in total. The van der Waals surface area contributed by atoms with Crippen molar-refractivity contribution in [1.29, 1.82) is 0 Å². The van der Waals surface area contributed by atoms with E-state index in [1.165, 1.54) is 6.42 Å². The third kappa shape index (κ3) is 3.67. The largest absolute Gasteiger partial charge is 0.313 e. The first-order valence-electron chi connectivity index (χ1n) is 4.94. The smallest absolute Gasteiger partial charge is 0.185 e. The van der Waals surface area contributed by atoms with E-state index in [0.717, 1.165) is 17.5 Å². The van der Waals surface area contributed by atoms with Gasteiger partial charge in [-0.1, -0.05) is 18.7 Å². The second-order valence-corrected chi connectivity index (χ2v) is 4.32. The molecule has 0 aliphatic carbocycles. The molecule has 0 bridgehead atoms. The SMILES string of the molecule is CCCNC(C)CSc1ncnn1C. The van der Waals surface area contributed by atoms with Crippen LogP contribution in [-0.2, 0) is 7.05 Å². The molecule has 14 heavy (non-hydrogen) atoms. The molecule has 1 unspecified atom stereocenters. The lowest BCUT2D eigenvalue weighted by molar-refractivity contribution is 0.588. The van der Waals surface area contributed by atoms with Gasteiger partial charge in [0.05, 0.1) is 0 Å². The minimum absolute atomic E-state index is 0.525. The average Bonchev–Trinajstić information content (AvgIpc) is 2.58. The molecule has 0 aromatic carbocycles. The van der Waals surface area contributed by atoms with Crippen LogP contribution in [0.2, 0.25) is 0 Å². The molecule has 4 nitrogen and oxygen atoms in total. The van der Waals surface area contributed by atoms with E-state index < -0.39 is 0 Å². The van der Waals surface area contributed by atoms with Crippen molar-refractivity contribution in [2.75, 3.05) is 12.3 Å².